The molecule has 0 radical (unpaired) electrons. The molecule has 1 aromatic carbocycles. The van der Waals surface area contributed by atoms with E-state index in [2.05, 4.69) is 53.3 Å². The molecule has 4 aromatic rings. The third kappa shape index (κ3) is 3.96. The molecule has 0 amide bonds. The van der Waals surface area contributed by atoms with Crippen LogP contribution in [0.15, 0.2) is 48.7 Å². The summed E-state index contributed by atoms with van der Waals surface area (Å²) in [6, 6.07) is 14.6. The largest absolute Gasteiger partial charge is 0.491 e. The number of aromatic nitrogens is 4. The molecule has 0 bridgehead atoms. The molecule has 7 nitrogen and oxygen atoms in total. The molecule has 6 rings (SSSR count). The monoisotopic (exact) mass is 442 g/mol. The Morgan fingerprint density at radius 3 is 2.82 bits per heavy atom. The summed E-state index contributed by atoms with van der Waals surface area (Å²) in [7, 11) is 0. The Hall–Kier alpha value is -3.03. The zero-order valence-electron chi connectivity index (χ0n) is 19.2. The van der Waals surface area contributed by atoms with E-state index in [9.17, 15) is 0 Å². The maximum atomic E-state index is 6.37. The van der Waals surface area contributed by atoms with Crippen molar-refractivity contribution < 1.29 is 4.74 Å². The van der Waals surface area contributed by atoms with Gasteiger partial charge in [0.1, 0.15) is 17.0 Å². The van der Waals surface area contributed by atoms with Gasteiger partial charge in [-0.25, -0.2) is 4.98 Å². The van der Waals surface area contributed by atoms with Crippen molar-refractivity contribution in [2.75, 3.05) is 19.7 Å². The van der Waals surface area contributed by atoms with E-state index in [1.165, 1.54) is 18.4 Å². The lowest BCUT2D eigenvalue weighted by molar-refractivity contribution is 0.248. The lowest BCUT2D eigenvalue weighted by Gasteiger charge is -2.26. The van der Waals surface area contributed by atoms with E-state index in [1.54, 1.807) is 0 Å². The van der Waals surface area contributed by atoms with E-state index >= 15 is 0 Å². The van der Waals surface area contributed by atoms with Gasteiger partial charge in [-0.2, -0.15) is 0 Å². The SMILES string of the molecule is CC(c1ccc2nnc(-c3ccc4cccc(OCC5CC5)c4n3)n2c1)N1CCC(C)(N)C1. The first kappa shape index (κ1) is 20.6. The van der Waals surface area contributed by atoms with E-state index in [4.69, 9.17) is 15.5 Å². The lowest BCUT2D eigenvalue weighted by Crippen LogP contribution is -2.39. The summed E-state index contributed by atoms with van der Waals surface area (Å²) in [4.78, 5) is 7.41. The van der Waals surface area contributed by atoms with E-state index in [0.717, 1.165) is 59.9 Å². The Bertz CT molecular complexity index is 1330. The lowest BCUT2D eigenvalue weighted by atomic mass is 10.0. The summed E-state index contributed by atoms with van der Waals surface area (Å²) in [6.07, 6.45) is 5.68. The van der Waals surface area contributed by atoms with Gasteiger partial charge in [-0.15, -0.1) is 10.2 Å². The van der Waals surface area contributed by atoms with Crippen LogP contribution in [0.4, 0.5) is 0 Å². The second kappa shape index (κ2) is 7.78. The number of benzene rings is 1. The predicted octanol–water partition coefficient (Wildman–Crippen LogP) is 4.22. The van der Waals surface area contributed by atoms with Crippen LogP contribution in [0, 0.1) is 5.92 Å². The van der Waals surface area contributed by atoms with Gasteiger partial charge in [0.15, 0.2) is 11.5 Å². The highest BCUT2D eigenvalue weighted by Gasteiger charge is 2.32. The predicted molar refractivity (Wildman–Crippen MR) is 129 cm³/mol. The maximum absolute atomic E-state index is 6.37. The molecule has 4 heterocycles. The third-order valence-electron chi connectivity index (χ3n) is 7.07. The Balaban J connectivity index is 1.36. The Morgan fingerprint density at radius 2 is 2.03 bits per heavy atom. The van der Waals surface area contributed by atoms with E-state index < -0.39 is 0 Å². The number of nitrogens with zero attached hydrogens (tertiary/aromatic N) is 5. The zero-order chi connectivity index (χ0) is 22.6. The summed E-state index contributed by atoms with van der Waals surface area (Å²) in [5.41, 5.74) is 9.95. The van der Waals surface area contributed by atoms with E-state index in [0.29, 0.717) is 5.92 Å². The topological polar surface area (TPSA) is 81.6 Å². The molecular formula is C26H30N6O. The molecule has 1 aliphatic heterocycles. The number of rotatable bonds is 6. The third-order valence-corrected chi connectivity index (χ3v) is 7.07. The van der Waals surface area contributed by atoms with Crippen molar-refractivity contribution in [1.82, 2.24) is 24.5 Å². The van der Waals surface area contributed by atoms with Crippen molar-refractivity contribution >= 4 is 16.6 Å². The average Bonchev–Trinajstić information content (AvgIpc) is 3.44. The van der Waals surface area contributed by atoms with Crippen molar-refractivity contribution in [3.8, 4) is 17.3 Å². The number of hydrogen-bond acceptors (Lipinski definition) is 6. The van der Waals surface area contributed by atoms with Gasteiger partial charge in [0.25, 0.3) is 0 Å². The summed E-state index contributed by atoms with van der Waals surface area (Å²) in [5, 5.41) is 9.94. The fourth-order valence-electron chi connectivity index (χ4n) is 4.74. The van der Waals surface area contributed by atoms with Crippen LogP contribution in [0.3, 0.4) is 0 Å². The highest BCUT2D eigenvalue weighted by atomic mass is 16.5. The molecule has 7 heteroatoms. The van der Waals surface area contributed by atoms with Crippen LogP contribution in [0.25, 0.3) is 28.1 Å². The van der Waals surface area contributed by atoms with Gasteiger partial charge >= 0.3 is 0 Å². The van der Waals surface area contributed by atoms with Gasteiger partial charge in [-0.3, -0.25) is 9.30 Å². The molecule has 2 unspecified atom stereocenters. The molecule has 3 aromatic heterocycles. The summed E-state index contributed by atoms with van der Waals surface area (Å²) >= 11 is 0. The van der Waals surface area contributed by atoms with Gasteiger partial charge in [-0.05, 0) is 62.8 Å². The molecule has 0 spiro atoms. The first-order valence-electron chi connectivity index (χ1n) is 11.9. The molecule has 2 aliphatic rings. The molecule has 2 atom stereocenters. The van der Waals surface area contributed by atoms with E-state index in [1.807, 2.05) is 28.7 Å². The van der Waals surface area contributed by atoms with Crippen molar-refractivity contribution in [2.24, 2.45) is 11.7 Å². The van der Waals surface area contributed by atoms with E-state index in [-0.39, 0.29) is 11.6 Å². The fraction of sp³-hybridized carbons (Fsp3) is 0.423. The standard InChI is InChI=1S/C26H30N6O/c1-17(31-13-12-26(2,27)16-31)20-9-11-23-29-30-25(32(23)14-20)21-10-8-19-4-3-5-22(24(19)28-21)33-15-18-6-7-18/h3-5,8-11,14,17-18H,6-7,12-13,15-16,27H2,1-2H3. The Labute approximate surface area is 193 Å². The quantitative estimate of drug-likeness (QED) is 0.482. The minimum atomic E-state index is -0.117. The van der Waals surface area contributed by atoms with Crippen LogP contribution in [-0.4, -0.2) is 49.7 Å². The highest BCUT2D eigenvalue weighted by molar-refractivity contribution is 5.86. The molecular weight excluding hydrogens is 412 g/mol. The number of fused-ring (bicyclic) bond motifs is 2. The summed E-state index contributed by atoms with van der Waals surface area (Å²) in [6.45, 7) is 7.05. The molecule has 1 aliphatic carbocycles. The summed E-state index contributed by atoms with van der Waals surface area (Å²) < 4.78 is 8.15. The number of nitrogens with two attached hydrogens (primary N) is 1. The van der Waals surface area contributed by atoms with Gasteiger partial charge in [0.05, 0.1) is 6.61 Å². The molecule has 2 fully saturated rings. The van der Waals surface area contributed by atoms with Crippen molar-refractivity contribution in [3.05, 3.63) is 54.2 Å². The van der Waals surface area contributed by atoms with Crippen LogP contribution >= 0.6 is 0 Å². The van der Waals surface area contributed by atoms with Crippen molar-refractivity contribution in [3.63, 3.8) is 0 Å². The van der Waals surface area contributed by atoms with Crippen LogP contribution in [0.5, 0.6) is 5.75 Å². The number of pyridine rings is 2. The number of para-hydroxylation sites is 1. The second-order valence-electron chi connectivity index (χ2n) is 10.0. The smallest absolute Gasteiger partial charge is 0.187 e. The first-order valence-corrected chi connectivity index (χ1v) is 11.9. The fourth-order valence-corrected chi connectivity index (χ4v) is 4.74. The molecule has 1 saturated heterocycles. The molecule has 1 saturated carbocycles. The second-order valence-corrected chi connectivity index (χ2v) is 10.0. The minimum Gasteiger partial charge on any atom is -0.491 e. The average molecular weight is 443 g/mol. The summed E-state index contributed by atoms with van der Waals surface area (Å²) in [5.74, 6) is 2.27. The maximum Gasteiger partial charge on any atom is 0.187 e. The Kier molecular flexibility index (Phi) is 4.85. The van der Waals surface area contributed by atoms with Crippen LogP contribution in [0.1, 0.15) is 44.7 Å². The normalized spacial score (nSPS) is 22.3. The van der Waals surface area contributed by atoms with Gasteiger partial charge in [-0.1, -0.05) is 24.3 Å². The number of hydrogen-bond donors (Lipinski definition) is 1. The van der Waals surface area contributed by atoms with Crippen molar-refractivity contribution in [1.29, 1.82) is 0 Å². The molecule has 2 N–H and O–H groups in total. The van der Waals surface area contributed by atoms with Gasteiger partial charge < -0.3 is 10.5 Å². The number of ether oxygens (including phenoxy) is 1. The number of likely N-dealkylation sites (tertiary alicyclic amines) is 1. The minimum absolute atomic E-state index is 0.117. The van der Waals surface area contributed by atoms with Gasteiger partial charge in [0.2, 0.25) is 0 Å². The van der Waals surface area contributed by atoms with Crippen LogP contribution in [0.2, 0.25) is 0 Å². The van der Waals surface area contributed by atoms with Crippen LogP contribution < -0.4 is 10.5 Å². The Morgan fingerprint density at radius 1 is 1.15 bits per heavy atom. The molecule has 33 heavy (non-hydrogen) atoms. The van der Waals surface area contributed by atoms with Gasteiger partial charge in [0, 0.05) is 36.3 Å². The van der Waals surface area contributed by atoms with Crippen molar-refractivity contribution in [2.45, 2.75) is 44.7 Å². The zero-order valence-corrected chi connectivity index (χ0v) is 19.2. The first-order chi connectivity index (χ1) is 16.0. The van der Waals surface area contributed by atoms with Crippen LogP contribution in [-0.2, 0) is 0 Å². The highest BCUT2D eigenvalue weighted by Crippen LogP contribution is 2.33. The molecule has 170 valence electrons.